The van der Waals surface area contributed by atoms with Gasteiger partial charge in [-0.05, 0) is 61.4 Å². The van der Waals surface area contributed by atoms with Crippen LogP contribution in [0.15, 0.2) is 72.8 Å². The van der Waals surface area contributed by atoms with E-state index in [4.69, 9.17) is 14.5 Å². The maximum absolute atomic E-state index is 13.4. The SMILES string of the molecule is COc1ccccc1OCCCCn1c([C@H]2CC(=O)N(c3ccc(F)cc3)C2)nc2ccccc21. The van der Waals surface area contributed by atoms with E-state index in [0.29, 0.717) is 19.6 Å². The van der Waals surface area contributed by atoms with Crippen LogP contribution in [-0.2, 0) is 11.3 Å². The number of imidazole rings is 1. The molecule has 1 aliphatic heterocycles. The smallest absolute Gasteiger partial charge is 0.227 e. The Morgan fingerprint density at radius 2 is 1.71 bits per heavy atom. The van der Waals surface area contributed by atoms with Crippen LogP contribution in [0.5, 0.6) is 11.5 Å². The first-order chi connectivity index (χ1) is 17.1. The van der Waals surface area contributed by atoms with E-state index in [1.165, 1.54) is 12.1 Å². The molecule has 1 aromatic heterocycles. The highest BCUT2D eigenvalue weighted by Crippen LogP contribution is 2.33. The summed E-state index contributed by atoms with van der Waals surface area (Å²) in [6.07, 6.45) is 2.16. The number of anilines is 1. The lowest BCUT2D eigenvalue weighted by molar-refractivity contribution is -0.117. The van der Waals surface area contributed by atoms with Crippen molar-refractivity contribution in [3.8, 4) is 11.5 Å². The van der Waals surface area contributed by atoms with Gasteiger partial charge in [0.2, 0.25) is 5.91 Å². The van der Waals surface area contributed by atoms with E-state index in [2.05, 4.69) is 10.6 Å². The van der Waals surface area contributed by atoms with Gasteiger partial charge in [-0.25, -0.2) is 9.37 Å². The molecule has 5 rings (SSSR count). The number of carbonyl (C=O) groups excluding carboxylic acids is 1. The van der Waals surface area contributed by atoms with Crippen LogP contribution in [0.25, 0.3) is 11.0 Å². The molecule has 35 heavy (non-hydrogen) atoms. The summed E-state index contributed by atoms with van der Waals surface area (Å²) < 4.78 is 26.9. The van der Waals surface area contributed by atoms with Crippen LogP contribution in [-0.4, -0.2) is 35.7 Å². The van der Waals surface area contributed by atoms with E-state index in [9.17, 15) is 9.18 Å². The van der Waals surface area contributed by atoms with Crippen LogP contribution >= 0.6 is 0 Å². The van der Waals surface area contributed by atoms with Gasteiger partial charge in [-0.2, -0.15) is 0 Å². The summed E-state index contributed by atoms with van der Waals surface area (Å²) in [6, 6.07) is 21.8. The highest BCUT2D eigenvalue weighted by Gasteiger charge is 2.34. The molecule has 0 N–H and O–H groups in total. The monoisotopic (exact) mass is 473 g/mol. The van der Waals surface area contributed by atoms with Crippen LogP contribution < -0.4 is 14.4 Å². The van der Waals surface area contributed by atoms with Gasteiger partial charge in [-0.15, -0.1) is 0 Å². The zero-order valence-corrected chi connectivity index (χ0v) is 19.7. The Morgan fingerprint density at radius 1 is 0.971 bits per heavy atom. The normalized spacial score (nSPS) is 15.7. The first-order valence-corrected chi connectivity index (χ1v) is 11.9. The first kappa shape index (κ1) is 22.9. The van der Waals surface area contributed by atoms with Crippen molar-refractivity contribution >= 4 is 22.6 Å². The molecule has 4 aromatic rings. The Balaban J connectivity index is 1.29. The van der Waals surface area contributed by atoms with Crippen LogP contribution in [0, 0.1) is 5.82 Å². The third-order valence-electron chi connectivity index (χ3n) is 6.42. The highest BCUT2D eigenvalue weighted by atomic mass is 19.1. The molecule has 2 heterocycles. The zero-order valence-electron chi connectivity index (χ0n) is 19.7. The average molecular weight is 474 g/mol. The van der Waals surface area contributed by atoms with Gasteiger partial charge in [0.05, 0.1) is 24.8 Å². The summed E-state index contributed by atoms with van der Waals surface area (Å²) in [5.41, 5.74) is 2.72. The molecule has 180 valence electrons. The fourth-order valence-electron chi connectivity index (χ4n) is 4.68. The summed E-state index contributed by atoms with van der Waals surface area (Å²) in [5, 5.41) is 0. The summed E-state index contributed by atoms with van der Waals surface area (Å²) >= 11 is 0. The Hall–Kier alpha value is -3.87. The molecule has 0 saturated carbocycles. The van der Waals surface area contributed by atoms with Crippen molar-refractivity contribution in [2.24, 2.45) is 0 Å². The molecule has 0 spiro atoms. The molecule has 1 amide bonds. The molecule has 1 aliphatic rings. The van der Waals surface area contributed by atoms with Crippen molar-refractivity contribution < 1.29 is 18.7 Å². The minimum Gasteiger partial charge on any atom is -0.493 e. The van der Waals surface area contributed by atoms with Gasteiger partial charge < -0.3 is 18.9 Å². The maximum Gasteiger partial charge on any atom is 0.227 e. The number of unbranched alkanes of at least 4 members (excludes halogenated alkanes) is 1. The van der Waals surface area contributed by atoms with Crippen LogP contribution in [0.2, 0.25) is 0 Å². The quantitative estimate of drug-likeness (QED) is 0.299. The van der Waals surface area contributed by atoms with E-state index < -0.39 is 0 Å². The molecule has 7 heteroatoms. The summed E-state index contributed by atoms with van der Waals surface area (Å²) in [6.45, 7) is 1.90. The number of fused-ring (bicyclic) bond motifs is 1. The lowest BCUT2D eigenvalue weighted by atomic mass is 10.1. The number of rotatable bonds is 9. The fourth-order valence-corrected chi connectivity index (χ4v) is 4.68. The van der Waals surface area contributed by atoms with Crippen molar-refractivity contribution in [2.45, 2.75) is 31.7 Å². The standard InChI is InChI=1S/C28H28FN3O3/c1-34-25-10-4-5-11-26(25)35-17-7-6-16-31-24-9-3-2-8-23(24)30-28(31)20-18-27(33)32(19-20)22-14-12-21(29)13-15-22/h2-5,8-15,20H,6-7,16-19H2,1H3/t20-/m0/s1. The van der Waals surface area contributed by atoms with E-state index in [-0.39, 0.29) is 17.6 Å². The number of methoxy groups -OCH3 is 1. The largest absolute Gasteiger partial charge is 0.493 e. The minimum atomic E-state index is -0.312. The zero-order chi connectivity index (χ0) is 24.2. The number of hydrogen-bond acceptors (Lipinski definition) is 4. The highest BCUT2D eigenvalue weighted by molar-refractivity contribution is 5.96. The molecule has 0 unspecified atom stereocenters. The molecule has 1 saturated heterocycles. The molecule has 1 atom stereocenters. The van der Waals surface area contributed by atoms with Gasteiger partial charge in [0, 0.05) is 31.1 Å². The van der Waals surface area contributed by atoms with Gasteiger partial charge >= 0.3 is 0 Å². The maximum atomic E-state index is 13.4. The van der Waals surface area contributed by atoms with Crippen LogP contribution in [0.1, 0.15) is 31.0 Å². The second-order valence-electron chi connectivity index (χ2n) is 8.70. The third kappa shape index (κ3) is 4.85. The van der Waals surface area contributed by atoms with Crippen molar-refractivity contribution in [3.63, 3.8) is 0 Å². The molecule has 0 bridgehead atoms. The summed E-state index contributed by atoms with van der Waals surface area (Å²) in [5.74, 6) is 2.10. The van der Waals surface area contributed by atoms with Crippen molar-refractivity contribution in [2.75, 3.05) is 25.2 Å². The lowest BCUT2D eigenvalue weighted by Gasteiger charge is -2.17. The third-order valence-corrected chi connectivity index (χ3v) is 6.42. The minimum absolute atomic E-state index is 0.0233. The van der Waals surface area contributed by atoms with Crippen molar-refractivity contribution in [1.29, 1.82) is 0 Å². The predicted molar refractivity (Wildman–Crippen MR) is 134 cm³/mol. The number of aryl methyl sites for hydroxylation is 1. The Labute approximate surface area is 203 Å². The predicted octanol–water partition coefficient (Wildman–Crippen LogP) is 5.56. The molecule has 1 fully saturated rings. The van der Waals surface area contributed by atoms with E-state index >= 15 is 0 Å². The number of nitrogens with zero attached hydrogens (tertiary/aromatic N) is 3. The average Bonchev–Trinajstić information content (AvgIpc) is 3.45. The molecular formula is C28H28FN3O3. The van der Waals surface area contributed by atoms with Crippen LogP contribution in [0.3, 0.4) is 0 Å². The second kappa shape index (κ2) is 10.2. The number of aromatic nitrogens is 2. The molecule has 3 aromatic carbocycles. The first-order valence-electron chi connectivity index (χ1n) is 11.9. The molecular weight excluding hydrogens is 445 g/mol. The number of ether oxygens (including phenoxy) is 2. The van der Waals surface area contributed by atoms with E-state index in [1.807, 2.05) is 42.5 Å². The topological polar surface area (TPSA) is 56.6 Å². The Kier molecular flexibility index (Phi) is 6.66. The number of carbonyl (C=O) groups is 1. The van der Waals surface area contributed by atoms with E-state index in [0.717, 1.165) is 53.4 Å². The van der Waals surface area contributed by atoms with Gasteiger partial charge in [0.15, 0.2) is 11.5 Å². The summed E-state index contributed by atoms with van der Waals surface area (Å²) in [7, 11) is 1.64. The number of benzene rings is 3. The van der Waals surface area contributed by atoms with Gasteiger partial charge in [0.1, 0.15) is 11.6 Å². The second-order valence-corrected chi connectivity index (χ2v) is 8.70. The fraction of sp³-hybridized carbons (Fsp3) is 0.286. The number of halogens is 1. The summed E-state index contributed by atoms with van der Waals surface area (Å²) in [4.78, 5) is 19.5. The van der Waals surface area contributed by atoms with Gasteiger partial charge in [-0.1, -0.05) is 24.3 Å². The number of para-hydroxylation sites is 4. The number of amides is 1. The van der Waals surface area contributed by atoms with Gasteiger partial charge in [0.25, 0.3) is 0 Å². The van der Waals surface area contributed by atoms with Gasteiger partial charge in [-0.3, -0.25) is 4.79 Å². The Bertz CT molecular complexity index is 1320. The molecule has 0 aliphatic carbocycles. The van der Waals surface area contributed by atoms with Crippen molar-refractivity contribution in [3.05, 3.63) is 84.4 Å². The van der Waals surface area contributed by atoms with Crippen molar-refractivity contribution in [1.82, 2.24) is 9.55 Å². The van der Waals surface area contributed by atoms with E-state index in [1.54, 1.807) is 24.1 Å². The lowest BCUT2D eigenvalue weighted by Crippen LogP contribution is -2.24. The molecule has 0 radical (unpaired) electrons. The van der Waals surface area contributed by atoms with Crippen LogP contribution in [0.4, 0.5) is 10.1 Å². The number of hydrogen-bond donors (Lipinski definition) is 0. The molecule has 6 nitrogen and oxygen atoms in total. The Morgan fingerprint density at radius 3 is 2.51 bits per heavy atom.